The maximum Gasteiger partial charge on any atom is 0.326 e. The van der Waals surface area contributed by atoms with E-state index < -0.39 is 12.0 Å². The Morgan fingerprint density at radius 3 is 2.62 bits per heavy atom. The summed E-state index contributed by atoms with van der Waals surface area (Å²) in [6, 6.07) is 9.35. The number of pyridine rings is 1. The Kier molecular flexibility index (Phi) is 10.1. The molecular weight excluding hydrogens is 504 g/mol. The molecule has 9 nitrogen and oxygen atoms in total. The zero-order chi connectivity index (χ0) is 28.6. The van der Waals surface area contributed by atoms with Crippen LogP contribution in [0.1, 0.15) is 74.5 Å². The Morgan fingerprint density at radius 2 is 1.95 bits per heavy atom. The van der Waals surface area contributed by atoms with Crippen LogP contribution in [-0.4, -0.2) is 68.9 Å². The quantitative estimate of drug-likeness (QED) is 0.221. The fourth-order valence-corrected chi connectivity index (χ4v) is 5.29. The summed E-state index contributed by atoms with van der Waals surface area (Å²) < 4.78 is 1.90. The van der Waals surface area contributed by atoms with Crippen molar-refractivity contribution in [3.63, 3.8) is 0 Å². The summed E-state index contributed by atoms with van der Waals surface area (Å²) in [5.74, 6) is -0.0000773. The number of unbranched alkanes of at least 4 members (excludes halogenated alkanes) is 1. The summed E-state index contributed by atoms with van der Waals surface area (Å²) in [6.07, 6.45) is 8.29. The van der Waals surface area contributed by atoms with Gasteiger partial charge in [-0.15, -0.1) is 0 Å². The zero-order valence-electron chi connectivity index (χ0n) is 24.3. The zero-order valence-corrected chi connectivity index (χ0v) is 24.3. The van der Waals surface area contributed by atoms with Gasteiger partial charge in [0.05, 0.1) is 17.3 Å². The molecule has 1 aliphatic carbocycles. The van der Waals surface area contributed by atoms with Crippen molar-refractivity contribution in [2.75, 3.05) is 25.5 Å². The molecule has 1 fully saturated rings. The molecule has 1 aromatic carbocycles. The van der Waals surface area contributed by atoms with Gasteiger partial charge in [0, 0.05) is 37.3 Å². The predicted octanol–water partition coefficient (Wildman–Crippen LogP) is 4.75. The number of carbonyl (C=O) groups is 2. The van der Waals surface area contributed by atoms with Crippen molar-refractivity contribution in [2.45, 2.75) is 84.3 Å². The fraction of sp³-hybridized carbons (Fsp3) is 0.548. The van der Waals surface area contributed by atoms with E-state index in [0.29, 0.717) is 30.5 Å². The third-order valence-electron chi connectivity index (χ3n) is 7.62. The monoisotopic (exact) mass is 548 g/mol. The van der Waals surface area contributed by atoms with Gasteiger partial charge in [0.15, 0.2) is 0 Å². The van der Waals surface area contributed by atoms with Crippen LogP contribution in [0.25, 0.3) is 10.9 Å². The van der Waals surface area contributed by atoms with E-state index >= 15 is 0 Å². The topological polar surface area (TPSA) is 112 Å². The van der Waals surface area contributed by atoms with Gasteiger partial charge in [-0.05, 0) is 81.2 Å². The van der Waals surface area contributed by atoms with Crippen molar-refractivity contribution in [2.24, 2.45) is 5.92 Å². The summed E-state index contributed by atoms with van der Waals surface area (Å²) >= 11 is 0. The number of fused-ring (bicyclic) bond motifs is 1. The molecule has 40 heavy (non-hydrogen) atoms. The van der Waals surface area contributed by atoms with Crippen LogP contribution in [0.15, 0.2) is 36.5 Å². The van der Waals surface area contributed by atoms with Crippen molar-refractivity contribution in [3.05, 3.63) is 53.3 Å². The average Bonchev–Trinajstić information content (AvgIpc) is 3.71. The lowest BCUT2D eigenvalue weighted by molar-refractivity contribution is -0.139. The number of rotatable bonds is 16. The highest BCUT2D eigenvalue weighted by atomic mass is 16.4. The number of carbonyl (C=O) groups excluding carboxylic acids is 1. The van der Waals surface area contributed by atoms with Gasteiger partial charge >= 0.3 is 5.97 Å². The number of nitrogens with one attached hydrogen (secondary N) is 2. The molecule has 1 saturated carbocycles. The van der Waals surface area contributed by atoms with E-state index in [0.717, 1.165) is 74.0 Å². The number of aromatic nitrogens is 3. The number of aryl methyl sites for hydroxylation is 2. The molecule has 216 valence electrons. The molecule has 3 N–H and O–H groups in total. The molecule has 0 radical (unpaired) electrons. The second kappa shape index (κ2) is 13.7. The molecule has 1 unspecified atom stereocenters. The average molecular weight is 549 g/mol. The van der Waals surface area contributed by atoms with Crippen LogP contribution < -0.4 is 10.6 Å². The fourth-order valence-electron chi connectivity index (χ4n) is 5.29. The predicted molar refractivity (Wildman–Crippen MR) is 159 cm³/mol. The third kappa shape index (κ3) is 7.59. The van der Waals surface area contributed by atoms with Gasteiger partial charge in [0.25, 0.3) is 5.91 Å². The molecule has 2 heterocycles. The van der Waals surface area contributed by atoms with Gasteiger partial charge in [0.2, 0.25) is 0 Å². The molecule has 1 amide bonds. The van der Waals surface area contributed by atoms with Crippen LogP contribution in [0.3, 0.4) is 0 Å². The van der Waals surface area contributed by atoms with Gasteiger partial charge in [-0.25, -0.2) is 9.78 Å². The van der Waals surface area contributed by atoms with Crippen molar-refractivity contribution in [1.82, 2.24) is 25.0 Å². The minimum atomic E-state index is -1.01. The summed E-state index contributed by atoms with van der Waals surface area (Å²) in [4.78, 5) is 32.4. The summed E-state index contributed by atoms with van der Waals surface area (Å²) in [6.45, 7) is 8.69. The number of hydrogen-bond acceptors (Lipinski definition) is 6. The lowest BCUT2D eigenvalue weighted by Gasteiger charge is -2.24. The smallest absolute Gasteiger partial charge is 0.326 e. The maximum absolute atomic E-state index is 13.2. The minimum Gasteiger partial charge on any atom is -0.480 e. The Bertz CT molecular complexity index is 1300. The first kappa shape index (κ1) is 29.5. The Labute approximate surface area is 237 Å². The summed E-state index contributed by atoms with van der Waals surface area (Å²) in [5, 5.41) is 21.1. The lowest BCUT2D eigenvalue weighted by atomic mass is 10.1. The molecular formula is C31H44N6O3. The maximum atomic E-state index is 13.2. The van der Waals surface area contributed by atoms with Gasteiger partial charge in [0.1, 0.15) is 11.9 Å². The van der Waals surface area contributed by atoms with Crippen LogP contribution >= 0.6 is 0 Å². The van der Waals surface area contributed by atoms with Crippen LogP contribution in [0, 0.1) is 5.92 Å². The molecule has 4 rings (SSSR count). The van der Waals surface area contributed by atoms with Crippen LogP contribution in [-0.2, 0) is 24.2 Å². The SMILES string of the molecule is CCc1ccc(CCCCN(CCC(NC(=O)c2cccc3c2cnn3CC(C)C)C(=O)O)C2CC2)nc1NC. The van der Waals surface area contributed by atoms with Gasteiger partial charge < -0.3 is 20.6 Å². The molecule has 0 saturated heterocycles. The molecule has 0 spiro atoms. The van der Waals surface area contributed by atoms with Crippen molar-refractivity contribution < 1.29 is 14.7 Å². The van der Waals surface area contributed by atoms with Crippen LogP contribution in [0.4, 0.5) is 5.82 Å². The third-order valence-corrected chi connectivity index (χ3v) is 7.62. The second-order valence-corrected chi connectivity index (χ2v) is 11.2. The molecule has 9 heteroatoms. The van der Waals surface area contributed by atoms with Gasteiger partial charge in [-0.1, -0.05) is 32.9 Å². The largest absolute Gasteiger partial charge is 0.480 e. The highest BCUT2D eigenvalue weighted by Gasteiger charge is 2.30. The number of hydrogen-bond donors (Lipinski definition) is 3. The molecule has 1 aliphatic rings. The van der Waals surface area contributed by atoms with Crippen molar-refractivity contribution in [1.29, 1.82) is 0 Å². The molecule has 2 aromatic heterocycles. The Balaban J connectivity index is 1.31. The number of amides is 1. The molecule has 0 aliphatic heterocycles. The lowest BCUT2D eigenvalue weighted by Crippen LogP contribution is -2.43. The standard InChI is InChI=1S/C31H44N6O3/c1-5-22-12-13-23(34-29(22)32-4)9-6-7-17-36(24-14-15-24)18-16-27(31(39)40)35-30(38)25-10-8-11-28-26(25)19-33-37(28)20-21(2)3/h8,10-13,19,21,24,27H,5-7,9,14-18,20H2,1-4H3,(H,32,34)(H,35,38)(H,39,40). The highest BCUT2D eigenvalue weighted by molar-refractivity contribution is 6.07. The number of aliphatic carboxylic acids is 1. The number of benzene rings is 1. The number of carboxylic acids is 1. The van der Waals surface area contributed by atoms with Gasteiger partial charge in [-0.3, -0.25) is 9.48 Å². The summed E-state index contributed by atoms with van der Waals surface area (Å²) in [5.41, 5.74) is 3.66. The van der Waals surface area contributed by atoms with Crippen molar-refractivity contribution in [3.8, 4) is 0 Å². The number of anilines is 1. The van der Waals surface area contributed by atoms with Crippen LogP contribution in [0.2, 0.25) is 0 Å². The van der Waals surface area contributed by atoms with Crippen molar-refractivity contribution >= 4 is 28.6 Å². The van der Waals surface area contributed by atoms with E-state index in [2.05, 4.69) is 53.5 Å². The second-order valence-electron chi connectivity index (χ2n) is 11.2. The summed E-state index contributed by atoms with van der Waals surface area (Å²) in [7, 11) is 1.91. The minimum absolute atomic E-state index is 0.367. The first-order chi connectivity index (χ1) is 19.3. The van der Waals surface area contributed by atoms with Gasteiger partial charge in [-0.2, -0.15) is 5.10 Å². The Hall–Kier alpha value is -3.46. The van der Waals surface area contributed by atoms with E-state index in [1.165, 1.54) is 5.56 Å². The highest BCUT2D eigenvalue weighted by Crippen LogP contribution is 2.28. The van der Waals surface area contributed by atoms with E-state index in [-0.39, 0.29) is 5.91 Å². The Morgan fingerprint density at radius 1 is 1.15 bits per heavy atom. The molecule has 1 atom stereocenters. The first-order valence-electron chi connectivity index (χ1n) is 14.7. The van der Waals surface area contributed by atoms with E-state index in [4.69, 9.17) is 4.98 Å². The van der Waals surface area contributed by atoms with E-state index in [1.54, 1.807) is 12.3 Å². The van der Waals surface area contributed by atoms with E-state index in [1.807, 2.05) is 23.9 Å². The number of carboxylic acid groups (broad SMARTS) is 1. The normalized spacial score (nSPS) is 14.2. The van der Waals surface area contributed by atoms with E-state index in [9.17, 15) is 14.7 Å². The molecule has 0 bridgehead atoms. The number of nitrogens with zero attached hydrogens (tertiary/aromatic N) is 4. The van der Waals surface area contributed by atoms with Crippen LogP contribution in [0.5, 0.6) is 0 Å². The molecule has 3 aromatic rings. The first-order valence-corrected chi connectivity index (χ1v) is 14.7.